The summed E-state index contributed by atoms with van der Waals surface area (Å²) >= 11 is 7.48. The molecule has 27 heavy (non-hydrogen) atoms. The number of hydrogen-bond acceptors (Lipinski definition) is 5. The fourth-order valence-electron chi connectivity index (χ4n) is 2.51. The first kappa shape index (κ1) is 19.7. The quantitative estimate of drug-likeness (QED) is 0.765. The van der Waals surface area contributed by atoms with E-state index in [2.05, 4.69) is 10.6 Å². The van der Waals surface area contributed by atoms with Crippen LogP contribution in [0.2, 0.25) is 5.02 Å². The maximum Gasteiger partial charge on any atom is 0.225 e. The zero-order valence-corrected chi connectivity index (χ0v) is 16.6. The van der Waals surface area contributed by atoms with Gasteiger partial charge in [0.1, 0.15) is 0 Å². The third kappa shape index (κ3) is 5.03. The van der Waals surface area contributed by atoms with Gasteiger partial charge < -0.3 is 10.6 Å². The molecule has 0 aromatic heterocycles. The van der Waals surface area contributed by atoms with Crippen LogP contribution < -0.4 is 10.6 Å². The summed E-state index contributed by atoms with van der Waals surface area (Å²) in [5.74, 6) is -0.281. The highest BCUT2D eigenvalue weighted by molar-refractivity contribution is 7.99. The molecule has 0 unspecified atom stereocenters. The maximum absolute atomic E-state index is 12.6. The average Bonchev–Trinajstić information content (AvgIpc) is 2.82. The van der Waals surface area contributed by atoms with E-state index in [1.165, 1.54) is 23.9 Å². The fourth-order valence-corrected chi connectivity index (χ4v) is 4.90. The van der Waals surface area contributed by atoms with Gasteiger partial charge in [0.25, 0.3) is 0 Å². The van der Waals surface area contributed by atoms with E-state index in [9.17, 15) is 18.0 Å². The van der Waals surface area contributed by atoms with Gasteiger partial charge in [-0.25, -0.2) is 8.42 Å². The molecule has 1 heterocycles. The van der Waals surface area contributed by atoms with Crippen LogP contribution in [0.25, 0.3) is 0 Å². The molecular weight excluding hydrogens is 408 g/mol. The van der Waals surface area contributed by atoms with Crippen molar-refractivity contribution in [1.82, 2.24) is 0 Å². The Balaban J connectivity index is 1.69. The number of halogens is 1. The van der Waals surface area contributed by atoms with Crippen LogP contribution in [0.4, 0.5) is 11.4 Å². The van der Waals surface area contributed by atoms with E-state index in [1.54, 1.807) is 30.3 Å². The average molecular weight is 425 g/mol. The van der Waals surface area contributed by atoms with Crippen molar-refractivity contribution in [2.24, 2.45) is 0 Å². The first-order valence-corrected chi connectivity index (χ1v) is 11.2. The summed E-state index contributed by atoms with van der Waals surface area (Å²) in [5.41, 5.74) is 0.926. The summed E-state index contributed by atoms with van der Waals surface area (Å²) in [6.45, 7) is 0. The van der Waals surface area contributed by atoms with Gasteiger partial charge in [-0.15, -0.1) is 11.8 Å². The Bertz CT molecular complexity index is 993. The van der Waals surface area contributed by atoms with Crippen molar-refractivity contribution in [3.8, 4) is 0 Å². The number of fused-ring (bicyclic) bond motifs is 1. The van der Waals surface area contributed by atoms with E-state index in [0.717, 1.165) is 4.90 Å². The van der Waals surface area contributed by atoms with Crippen molar-refractivity contribution >= 4 is 56.4 Å². The van der Waals surface area contributed by atoms with Gasteiger partial charge in [-0.2, -0.15) is 0 Å². The molecule has 2 aromatic rings. The van der Waals surface area contributed by atoms with E-state index in [1.807, 2.05) is 0 Å². The van der Waals surface area contributed by atoms with Crippen LogP contribution in [0.5, 0.6) is 0 Å². The van der Waals surface area contributed by atoms with Crippen LogP contribution in [0, 0.1) is 0 Å². The number of sulfone groups is 1. The highest BCUT2D eigenvalue weighted by Gasteiger charge is 2.20. The van der Waals surface area contributed by atoms with Crippen molar-refractivity contribution in [3.63, 3.8) is 0 Å². The molecule has 0 atom stereocenters. The molecule has 0 spiro atoms. The predicted molar refractivity (Wildman–Crippen MR) is 107 cm³/mol. The zero-order chi connectivity index (χ0) is 19.4. The van der Waals surface area contributed by atoms with Crippen LogP contribution in [0.3, 0.4) is 0 Å². The maximum atomic E-state index is 12.6. The second-order valence-corrected chi connectivity index (χ2v) is 9.55. The van der Waals surface area contributed by atoms with Gasteiger partial charge in [0.15, 0.2) is 9.84 Å². The van der Waals surface area contributed by atoms with E-state index in [0.29, 0.717) is 28.6 Å². The molecule has 142 valence electrons. The summed E-state index contributed by atoms with van der Waals surface area (Å²) in [7, 11) is -3.67. The van der Waals surface area contributed by atoms with Crippen LogP contribution in [0.1, 0.15) is 12.8 Å². The monoisotopic (exact) mass is 424 g/mol. The fraction of sp³-hybridized carbons (Fsp3) is 0.222. The van der Waals surface area contributed by atoms with Gasteiger partial charge in [-0.1, -0.05) is 23.7 Å². The first-order chi connectivity index (χ1) is 12.8. The van der Waals surface area contributed by atoms with Crippen LogP contribution in [0.15, 0.2) is 52.3 Å². The Hall–Kier alpha value is -2.03. The van der Waals surface area contributed by atoms with E-state index < -0.39 is 15.7 Å². The lowest BCUT2D eigenvalue weighted by Crippen LogP contribution is -2.18. The largest absolute Gasteiger partial charge is 0.325 e. The smallest absolute Gasteiger partial charge is 0.225 e. The topological polar surface area (TPSA) is 92.3 Å². The SMILES string of the molecule is O=C(CCS(=O)(=O)c1ccc2c(c1)NC(=O)CCS2)Nc1ccccc1Cl. The Morgan fingerprint density at radius 1 is 1.22 bits per heavy atom. The van der Waals surface area contributed by atoms with Crippen molar-refractivity contribution < 1.29 is 18.0 Å². The number of benzene rings is 2. The Morgan fingerprint density at radius 3 is 2.78 bits per heavy atom. The van der Waals surface area contributed by atoms with Gasteiger partial charge in [-0.3, -0.25) is 9.59 Å². The first-order valence-electron chi connectivity index (χ1n) is 8.19. The highest BCUT2D eigenvalue weighted by Crippen LogP contribution is 2.33. The van der Waals surface area contributed by atoms with Gasteiger partial charge in [0, 0.05) is 23.5 Å². The van der Waals surface area contributed by atoms with Gasteiger partial charge in [-0.05, 0) is 30.3 Å². The van der Waals surface area contributed by atoms with Gasteiger partial charge >= 0.3 is 0 Å². The van der Waals surface area contributed by atoms with Gasteiger partial charge in [0.2, 0.25) is 11.8 Å². The molecule has 0 radical (unpaired) electrons. The molecule has 2 aromatic carbocycles. The summed E-state index contributed by atoms with van der Waals surface area (Å²) in [5, 5.41) is 5.71. The third-order valence-corrected chi connectivity index (χ3v) is 7.04. The lowest BCUT2D eigenvalue weighted by molar-refractivity contribution is -0.116. The van der Waals surface area contributed by atoms with Crippen molar-refractivity contribution in [1.29, 1.82) is 0 Å². The Kier molecular flexibility index (Phi) is 6.08. The second-order valence-electron chi connectivity index (χ2n) is 5.90. The van der Waals surface area contributed by atoms with Gasteiger partial charge in [0.05, 0.1) is 27.0 Å². The number of hydrogen-bond donors (Lipinski definition) is 2. The molecule has 1 aliphatic heterocycles. The third-order valence-electron chi connectivity index (χ3n) is 3.92. The van der Waals surface area contributed by atoms with Crippen LogP contribution >= 0.6 is 23.4 Å². The summed E-state index contributed by atoms with van der Waals surface area (Å²) < 4.78 is 25.2. The summed E-state index contributed by atoms with van der Waals surface area (Å²) in [6, 6.07) is 11.4. The summed E-state index contributed by atoms with van der Waals surface area (Å²) in [6.07, 6.45) is 0.176. The zero-order valence-electron chi connectivity index (χ0n) is 14.2. The highest BCUT2D eigenvalue weighted by atomic mass is 35.5. The molecule has 0 saturated carbocycles. The summed E-state index contributed by atoms with van der Waals surface area (Å²) in [4.78, 5) is 24.7. The number of para-hydroxylation sites is 1. The molecule has 9 heteroatoms. The van der Waals surface area contributed by atoms with E-state index in [4.69, 9.17) is 11.6 Å². The predicted octanol–water partition coefficient (Wildman–Crippen LogP) is 3.58. The van der Waals surface area contributed by atoms with Crippen molar-refractivity contribution in [2.75, 3.05) is 22.1 Å². The number of nitrogens with one attached hydrogen (secondary N) is 2. The lowest BCUT2D eigenvalue weighted by Gasteiger charge is -2.10. The molecule has 0 saturated heterocycles. The number of thioether (sulfide) groups is 1. The minimum absolute atomic E-state index is 0.0783. The minimum Gasteiger partial charge on any atom is -0.325 e. The number of amides is 2. The Labute approximate surface area is 166 Å². The van der Waals surface area contributed by atoms with Crippen LogP contribution in [-0.4, -0.2) is 31.7 Å². The molecule has 2 N–H and O–H groups in total. The molecule has 3 rings (SSSR count). The minimum atomic E-state index is -3.67. The molecule has 6 nitrogen and oxygen atoms in total. The molecule has 2 amide bonds. The number of carbonyl (C=O) groups is 2. The van der Waals surface area contributed by atoms with E-state index >= 15 is 0 Å². The number of rotatable bonds is 5. The standard InChI is InChI=1S/C18H17ClN2O4S2/c19-13-3-1-2-4-14(13)20-18(23)8-10-27(24,25)12-5-6-16-15(11-12)21-17(22)7-9-26-16/h1-6,11H,7-10H2,(H,20,23)(H,21,22). The second kappa shape index (κ2) is 8.33. The molecule has 0 aliphatic carbocycles. The van der Waals surface area contributed by atoms with Crippen molar-refractivity contribution in [3.05, 3.63) is 47.5 Å². The molecular formula is C18H17ClN2O4S2. The van der Waals surface area contributed by atoms with Crippen molar-refractivity contribution in [2.45, 2.75) is 22.6 Å². The number of anilines is 2. The lowest BCUT2D eigenvalue weighted by atomic mass is 10.3. The molecule has 1 aliphatic rings. The normalized spacial score (nSPS) is 14.0. The number of carbonyl (C=O) groups excluding carboxylic acids is 2. The molecule has 0 bridgehead atoms. The Morgan fingerprint density at radius 2 is 2.00 bits per heavy atom. The van der Waals surface area contributed by atoms with Crippen LogP contribution in [-0.2, 0) is 19.4 Å². The van der Waals surface area contributed by atoms with E-state index in [-0.39, 0.29) is 23.0 Å². The molecule has 0 fully saturated rings.